The minimum atomic E-state index is 0.664. The fraction of sp³-hybridized carbons (Fsp3) is 0.571. The third kappa shape index (κ3) is 5.17. The Labute approximate surface area is 99.0 Å². The van der Waals surface area contributed by atoms with Gasteiger partial charge in [-0.3, -0.25) is 0 Å². The van der Waals surface area contributed by atoms with Crippen molar-refractivity contribution in [2.24, 2.45) is 0 Å². The zero-order chi connectivity index (χ0) is 11.6. The van der Waals surface area contributed by atoms with Gasteiger partial charge in [-0.1, -0.05) is 32.0 Å². The van der Waals surface area contributed by atoms with Crippen LogP contribution in [0.15, 0.2) is 30.3 Å². The molecule has 0 aromatic heterocycles. The fourth-order valence-corrected chi connectivity index (χ4v) is 1.66. The Kier molecular flexibility index (Phi) is 6.66. The lowest BCUT2D eigenvalue weighted by Crippen LogP contribution is -2.29. The Bertz CT molecular complexity index is 257. The molecule has 0 aliphatic carbocycles. The molecular formula is C14H23NO. The molecule has 0 amide bonds. The SMILES string of the molecule is CCC(CC)NCCCOc1ccccc1. The van der Waals surface area contributed by atoms with Crippen molar-refractivity contribution in [3.63, 3.8) is 0 Å². The molecule has 1 aromatic carbocycles. The van der Waals surface area contributed by atoms with Crippen LogP contribution >= 0.6 is 0 Å². The highest BCUT2D eigenvalue weighted by Gasteiger charge is 2.00. The number of hydrogen-bond acceptors (Lipinski definition) is 2. The molecule has 0 aliphatic heterocycles. The number of nitrogens with one attached hydrogen (secondary N) is 1. The molecule has 2 heteroatoms. The number of ether oxygens (including phenoxy) is 1. The molecule has 0 spiro atoms. The predicted octanol–water partition coefficient (Wildman–Crippen LogP) is 3.23. The monoisotopic (exact) mass is 221 g/mol. The van der Waals surface area contributed by atoms with Crippen LogP contribution in [0.4, 0.5) is 0 Å². The third-order valence-corrected chi connectivity index (χ3v) is 2.75. The van der Waals surface area contributed by atoms with E-state index in [1.54, 1.807) is 0 Å². The molecule has 0 aliphatic rings. The minimum absolute atomic E-state index is 0.664. The Morgan fingerprint density at radius 1 is 1.12 bits per heavy atom. The lowest BCUT2D eigenvalue weighted by atomic mass is 10.2. The fourth-order valence-electron chi connectivity index (χ4n) is 1.66. The summed E-state index contributed by atoms with van der Waals surface area (Å²) >= 11 is 0. The highest BCUT2D eigenvalue weighted by atomic mass is 16.5. The van der Waals surface area contributed by atoms with Crippen LogP contribution in [0.5, 0.6) is 5.75 Å². The first-order valence-corrected chi connectivity index (χ1v) is 6.28. The number of para-hydroxylation sites is 1. The van der Waals surface area contributed by atoms with Gasteiger partial charge in [-0.25, -0.2) is 0 Å². The molecule has 1 rings (SSSR count). The standard InChI is InChI=1S/C14H23NO/c1-3-13(4-2)15-11-8-12-16-14-9-6-5-7-10-14/h5-7,9-10,13,15H,3-4,8,11-12H2,1-2H3. The lowest BCUT2D eigenvalue weighted by Gasteiger charge is -2.14. The van der Waals surface area contributed by atoms with Crippen molar-refractivity contribution in [1.82, 2.24) is 5.32 Å². The van der Waals surface area contributed by atoms with E-state index in [0.29, 0.717) is 6.04 Å². The number of benzene rings is 1. The van der Waals surface area contributed by atoms with E-state index in [0.717, 1.165) is 25.3 Å². The van der Waals surface area contributed by atoms with Crippen molar-refractivity contribution >= 4 is 0 Å². The van der Waals surface area contributed by atoms with Crippen LogP contribution in [-0.2, 0) is 0 Å². The maximum absolute atomic E-state index is 5.62. The predicted molar refractivity (Wildman–Crippen MR) is 68.9 cm³/mol. The van der Waals surface area contributed by atoms with Crippen LogP contribution in [0.2, 0.25) is 0 Å². The first kappa shape index (κ1) is 13.0. The highest BCUT2D eigenvalue weighted by molar-refractivity contribution is 5.20. The summed E-state index contributed by atoms with van der Waals surface area (Å²) in [5, 5.41) is 3.53. The van der Waals surface area contributed by atoms with Crippen LogP contribution < -0.4 is 10.1 Å². The second kappa shape index (κ2) is 8.17. The first-order chi connectivity index (χ1) is 7.86. The molecule has 0 radical (unpaired) electrons. The second-order valence-electron chi connectivity index (χ2n) is 3.98. The van der Waals surface area contributed by atoms with Gasteiger partial charge in [-0.15, -0.1) is 0 Å². The molecule has 2 nitrogen and oxygen atoms in total. The van der Waals surface area contributed by atoms with E-state index in [1.807, 2.05) is 30.3 Å². The average molecular weight is 221 g/mol. The van der Waals surface area contributed by atoms with Gasteiger partial charge < -0.3 is 10.1 Å². The molecule has 0 bridgehead atoms. The van der Waals surface area contributed by atoms with Crippen LogP contribution in [0.25, 0.3) is 0 Å². The van der Waals surface area contributed by atoms with Crippen LogP contribution in [0, 0.1) is 0 Å². The third-order valence-electron chi connectivity index (χ3n) is 2.75. The van der Waals surface area contributed by atoms with Gasteiger partial charge in [0.05, 0.1) is 6.61 Å². The zero-order valence-corrected chi connectivity index (χ0v) is 10.4. The van der Waals surface area contributed by atoms with Gasteiger partial charge >= 0.3 is 0 Å². The zero-order valence-electron chi connectivity index (χ0n) is 10.4. The van der Waals surface area contributed by atoms with E-state index in [9.17, 15) is 0 Å². The smallest absolute Gasteiger partial charge is 0.119 e. The van der Waals surface area contributed by atoms with Gasteiger partial charge in [-0.05, 0) is 37.9 Å². The molecule has 0 heterocycles. The van der Waals surface area contributed by atoms with Crippen molar-refractivity contribution in [3.05, 3.63) is 30.3 Å². The van der Waals surface area contributed by atoms with Crippen molar-refractivity contribution < 1.29 is 4.74 Å². The second-order valence-corrected chi connectivity index (χ2v) is 3.98. The number of rotatable bonds is 8. The van der Waals surface area contributed by atoms with Gasteiger partial charge in [0.1, 0.15) is 5.75 Å². The Balaban J connectivity index is 2.04. The highest BCUT2D eigenvalue weighted by Crippen LogP contribution is 2.08. The van der Waals surface area contributed by atoms with E-state index in [1.165, 1.54) is 12.8 Å². The van der Waals surface area contributed by atoms with E-state index in [2.05, 4.69) is 19.2 Å². The summed E-state index contributed by atoms with van der Waals surface area (Å²) in [6, 6.07) is 10.6. The Hall–Kier alpha value is -1.02. The van der Waals surface area contributed by atoms with Gasteiger partial charge in [0.15, 0.2) is 0 Å². The van der Waals surface area contributed by atoms with Gasteiger partial charge in [0, 0.05) is 6.04 Å². The molecule has 0 saturated carbocycles. The molecule has 0 atom stereocenters. The van der Waals surface area contributed by atoms with Crippen molar-refractivity contribution in [2.45, 2.75) is 39.2 Å². The first-order valence-electron chi connectivity index (χ1n) is 6.28. The van der Waals surface area contributed by atoms with Gasteiger partial charge in [0.25, 0.3) is 0 Å². The summed E-state index contributed by atoms with van der Waals surface area (Å²) in [6.45, 7) is 6.28. The summed E-state index contributed by atoms with van der Waals surface area (Å²) in [5.41, 5.74) is 0. The van der Waals surface area contributed by atoms with Crippen LogP contribution in [-0.4, -0.2) is 19.2 Å². The lowest BCUT2D eigenvalue weighted by molar-refractivity contribution is 0.303. The summed E-state index contributed by atoms with van der Waals surface area (Å²) in [5.74, 6) is 0.963. The van der Waals surface area contributed by atoms with Crippen molar-refractivity contribution in [2.75, 3.05) is 13.2 Å². The molecule has 1 aromatic rings. The maximum Gasteiger partial charge on any atom is 0.119 e. The van der Waals surface area contributed by atoms with Crippen molar-refractivity contribution in [1.29, 1.82) is 0 Å². The number of hydrogen-bond donors (Lipinski definition) is 1. The Morgan fingerprint density at radius 3 is 2.44 bits per heavy atom. The van der Waals surface area contributed by atoms with Gasteiger partial charge in [-0.2, -0.15) is 0 Å². The molecule has 0 saturated heterocycles. The van der Waals surface area contributed by atoms with Crippen LogP contribution in [0.1, 0.15) is 33.1 Å². The van der Waals surface area contributed by atoms with E-state index >= 15 is 0 Å². The quantitative estimate of drug-likeness (QED) is 0.680. The summed E-state index contributed by atoms with van der Waals surface area (Å²) in [4.78, 5) is 0. The molecular weight excluding hydrogens is 198 g/mol. The summed E-state index contributed by atoms with van der Waals surface area (Å²) in [7, 11) is 0. The molecule has 0 unspecified atom stereocenters. The molecule has 90 valence electrons. The van der Waals surface area contributed by atoms with E-state index in [4.69, 9.17) is 4.74 Å². The van der Waals surface area contributed by atoms with Gasteiger partial charge in [0.2, 0.25) is 0 Å². The average Bonchev–Trinajstić information content (AvgIpc) is 2.35. The summed E-state index contributed by atoms with van der Waals surface area (Å²) < 4.78 is 5.62. The summed E-state index contributed by atoms with van der Waals surface area (Å²) in [6.07, 6.45) is 3.47. The van der Waals surface area contributed by atoms with E-state index < -0.39 is 0 Å². The molecule has 1 N–H and O–H groups in total. The van der Waals surface area contributed by atoms with Crippen LogP contribution in [0.3, 0.4) is 0 Å². The van der Waals surface area contributed by atoms with E-state index in [-0.39, 0.29) is 0 Å². The molecule has 0 fully saturated rings. The van der Waals surface area contributed by atoms with Crippen molar-refractivity contribution in [3.8, 4) is 5.75 Å². The largest absolute Gasteiger partial charge is 0.494 e. The Morgan fingerprint density at radius 2 is 1.81 bits per heavy atom. The molecule has 16 heavy (non-hydrogen) atoms. The maximum atomic E-state index is 5.62. The topological polar surface area (TPSA) is 21.3 Å². The minimum Gasteiger partial charge on any atom is -0.494 e. The normalized spacial score (nSPS) is 10.7.